The minimum absolute atomic E-state index is 0.0277. The number of aromatic nitrogens is 3. The van der Waals surface area contributed by atoms with Gasteiger partial charge in [-0.2, -0.15) is 0 Å². The molecule has 0 aliphatic heterocycles. The van der Waals surface area contributed by atoms with E-state index in [1.807, 2.05) is 74.5 Å². The molecule has 1 saturated carbocycles. The van der Waals surface area contributed by atoms with Crippen molar-refractivity contribution in [1.29, 1.82) is 0 Å². The number of H-pyrrole nitrogens is 1. The number of hydrogen-bond donors (Lipinski definition) is 2. The molecule has 0 bridgehead atoms. The van der Waals surface area contributed by atoms with Crippen LogP contribution in [-0.4, -0.2) is 41.5 Å². The van der Waals surface area contributed by atoms with Gasteiger partial charge in [0.05, 0.1) is 35.9 Å². The molecule has 2 heterocycles. The second-order valence-electron chi connectivity index (χ2n) is 14.2. The number of nitrogens with zero attached hydrogens (tertiary/aromatic N) is 4. The third-order valence-electron chi connectivity index (χ3n) is 10.0. The van der Waals surface area contributed by atoms with E-state index in [9.17, 15) is 13.2 Å². The van der Waals surface area contributed by atoms with Crippen molar-refractivity contribution in [1.82, 2.24) is 14.6 Å². The summed E-state index contributed by atoms with van der Waals surface area (Å²) in [6, 6.07) is 23.4. The van der Waals surface area contributed by atoms with E-state index in [1.54, 1.807) is 22.7 Å². The summed E-state index contributed by atoms with van der Waals surface area (Å²) < 4.78 is 41.0. The van der Waals surface area contributed by atoms with Crippen LogP contribution in [0.5, 0.6) is 11.6 Å². The Balaban J connectivity index is 1.52. The summed E-state index contributed by atoms with van der Waals surface area (Å²) in [6.07, 6.45) is 3.76. The third kappa shape index (κ3) is 7.79. The average molecular weight is 723 g/mol. The zero-order valence-electron chi connectivity index (χ0n) is 30.5. The molecule has 52 heavy (non-hydrogen) atoms. The Bertz CT molecular complexity index is 2140. The van der Waals surface area contributed by atoms with Crippen LogP contribution in [-0.2, 0) is 16.4 Å². The molecule has 12 heteroatoms. The van der Waals surface area contributed by atoms with Gasteiger partial charge < -0.3 is 9.47 Å². The Hall–Kier alpha value is -5.28. The van der Waals surface area contributed by atoms with Crippen LogP contribution in [0, 0.1) is 30.2 Å². The Kier molecular flexibility index (Phi) is 10.6. The summed E-state index contributed by atoms with van der Waals surface area (Å²) in [6.45, 7) is 19.2. The van der Waals surface area contributed by atoms with Crippen LogP contribution in [0.4, 0.5) is 27.5 Å². The van der Waals surface area contributed by atoms with Crippen molar-refractivity contribution in [2.75, 3.05) is 15.9 Å². The van der Waals surface area contributed by atoms with Gasteiger partial charge >= 0.3 is 6.09 Å². The molecular formula is C40H46N6O5S. The monoisotopic (exact) mass is 722 g/mol. The molecule has 3 unspecified atom stereocenters. The first kappa shape index (κ1) is 36.5. The molecule has 1 fully saturated rings. The van der Waals surface area contributed by atoms with Gasteiger partial charge in [-0.15, -0.1) is 0 Å². The Morgan fingerprint density at radius 3 is 2.21 bits per heavy atom. The molecule has 0 saturated heterocycles. The highest BCUT2D eigenvalue weighted by atomic mass is 32.2. The Labute approximate surface area is 305 Å². The van der Waals surface area contributed by atoms with E-state index in [0.717, 1.165) is 25.5 Å². The maximum atomic E-state index is 14.3. The molecule has 0 radical (unpaired) electrons. The summed E-state index contributed by atoms with van der Waals surface area (Å²) in [5.41, 5.74) is 3.42. The second kappa shape index (κ2) is 15.1. The number of anilines is 3. The average Bonchev–Trinajstić information content (AvgIpc) is 3.65. The van der Waals surface area contributed by atoms with Crippen LogP contribution < -0.4 is 19.1 Å². The number of aromatic amines is 1. The van der Waals surface area contributed by atoms with Crippen molar-refractivity contribution in [3.63, 3.8) is 0 Å². The molecule has 0 spiro atoms. The summed E-state index contributed by atoms with van der Waals surface area (Å²) in [4.78, 5) is 24.8. The second-order valence-corrected chi connectivity index (χ2v) is 15.9. The smallest absolute Gasteiger partial charge is 0.424 e. The van der Waals surface area contributed by atoms with Crippen LogP contribution >= 0.6 is 0 Å². The van der Waals surface area contributed by atoms with E-state index in [0.29, 0.717) is 69.6 Å². The van der Waals surface area contributed by atoms with Crippen LogP contribution in [0.2, 0.25) is 0 Å². The van der Waals surface area contributed by atoms with E-state index in [-0.39, 0.29) is 23.6 Å². The number of ether oxygens (including phenoxy) is 2. The maximum absolute atomic E-state index is 14.3. The summed E-state index contributed by atoms with van der Waals surface area (Å²) in [5.74, 6) is 2.61. The van der Waals surface area contributed by atoms with Gasteiger partial charge in [0.1, 0.15) is 11.4 Å². The van der Waals surface area contributed by atoms with Gasteiger partial charge in [-0.3, -0.25) is 9.82 Å². The highest BCUT2D eigenvalue weighted by Gasteiger charge is 2.35. The number of hydrogen-bond acceptors (Lipinski definition) is 6. The standard InChI is InChI=1S/C40H46N6O5S/c1-8-28(5)50-35-20-19-29(44-52(7,48)49)23-33(35)37-42-38-34(24-32-26(3)21-25(2)22-27(32)4)36(41-6)39(46(38)43-37)51-40(47)45(30-15-11-9-12-16-30)31-17-13-10-14-18-31/h9-20,23,25-28,32,44H,8,21-22,24H2,1-5,7H3,(H,42,43). The van der Waals surface area contributed by atoms with Crippen molar-refractivity contribution in [2.24, 2.45) is 23.7 Å². The number of fused-ring (bicyclic) bond motifs is 1. The number of carbonyl (C=O) groups excluding carboxylic acids is 1. The van der Waals surface area contributed by atoms with Crippen LogP contribution in [0.25, 0.3) is 21.9 Å². The fourth-order valence-corrected chi connectivity index (χ4v) is 8.05. The number of benzene rings is 3. The van der Waals surface area contributed by atoms with Gasteiger partial charge in [0.15, 0.2) is 5.82 Å². The molecule has 2 N–H and O–H groups in total. The number of para-hydroxylation sites is 2. The van der Waals surface area contributed by atoms with Crippen LogP contribution in [0.15, 0.2) is 78.9 Å². The van der Waals surface area contributed by atoms with Crippen LogP contribution in [0.3, 0.4) is 0 Å². The first-order valence-electron chi connectivity index (χ1n) is 17.8. The van der Waals surface area contributed by atoms with Gasteiger partial charge in [0.25, 0.3) is 5.69 Å². The van der Waals surface area contributed by atoms with Crippen molar-refractivity contribution < 1.29 is 22.7 Å². The Morgan fingerprint density at radius 1 is 1.04 bits per heavy atom. The molecule has 3 atom stereocenters. The molecule has 2 aromatic heterocycles. The van der Waals surface area contributed by atoms with Crippen molar-refractivity contribution >= 4 is 44.5 Å². The normalized spacial score (nSPS) is 19.5. The zero-order valence-corrected chi connectivity index (χ0v) is 31.3. The van der Waals surface area contributed by atoms with Gasteiger partial charge in [-0.1, -0.05) is 64.1 Å². The van der Waals surface area contributed by atoms with Crippen molar-refractivity contribution in [2.45, 2.75) is 66.4 Å². The molecular weight excluding hydrogens is 677 g/mol. The number of nitrogens with one attached hydrogen (secondary N) is 2. The van der Waals surface area contributed by atoms with Crippen molar-refractivity contribution in [3.05, 3.63) is 95.8 Å². The first-order chi connectivity index (χ1) is 24.9. The molecule has 272 valence electrons. The quantitative estimate of drug-likeness (QED) is 0.131. The number of amides is 1. The minimum Gasteiger partial charge on any atom is -0.490 e. The first-order valence-corrected chi connectivity index (χ1v) is 19.7. The summed E-state index contributed by atoms with van der Waals surface area (Å²) in [5, 5.41) is 3.30. The topological polar surface area (TPSA) is 122 Å². The lowest BCUT2D eigenvalue weighted by molar-refractivity contribution is 0.136. The molecule has 11 nitrogen and oxygen atoms in total. The number of carbonyl (C=O) groups is 1. The van der Waals surface area contributed by atoms with E-state index in [2.05, 4.69) is 35.4 Å². The highest BCUT2D eigenvalue weighted by molar-refractivity contribution is 7.92. The predicted octanol–water partition coefficient (Wildman–Crippen LogP) is 9.63. The molecule has 6 rings (SSSR count). The molecule has 1 aliphatic carbocycles. The SMILES string of the molecule is [C-]#[N+]c1c(CC2C(C)CC(C)CC2C)c2nc(-c3cc(NS(C)(=O)=O)ccc3OC(C)CC)[nH]n2c1OC(=O)N(c1ccccc1)c1ccccc1. The summed E-state index contributed by atoms with van der Waals surface area (Å²) >= 11 is 0. The lowest BCUT2D eigenvalue weighted by Crippen LogP contribution is -2.30. The zero-order chi connectivity index (χ0) is 37.2. The number of rotatable bonds is 11. The minimum atomic E-state index is -3.57. The lowest BCUT2D eigenvalue weighted by Gasteiger charge is -2.38. The Morgan fingerprint density at radius 2 is 1.65 bits per heavy atom. The van der Waals surface area contributed by atoms with Gasteiger partial charge in [-0.05, 0) is 98.7 Å². The molecule has 3 aromatic carbocycles. The fraction of sp³-hybridized carbons (Fsp3) is 0.375. The lowest BCUT2D eigenvalue weighted by atomic mass is 9.67. The predicted molar refractivity (Wildman–Crippen MR) is 205 cm³/mol. The highest BCUT2D eigenvalue weighted by Crippen LogP contribution is 2.46. The summed E-state index contributed by atoms with van der Waals surface area (Å²) in [7, 11) is -3.57. The maximum Gasteiger partial charge on any atom is 0.424 e. The van der Waals surface area contributed by atoms with Gasteiger partial charge in [0.2, 0.25) is 15.9 Å². The van der Waals surface area contributed by atoms with E-state index < -0.39 is 16.1 Å². The largest absolute Gasteiger partial charge is 0.490 e. The van der Waals surface area contributed by atoms with Gasteiger partial charge in [0, 0.05) is 11.3 Å². The van der Waals surface area contributed by atoms with E-state index >= 15 is 0 Å². The van der Waals surface area contributed by atoms with Gasteiger partial charge in [-0.25, -0.2) is 32.5 Å². The third-order valence-corrected chi connectivity index (χ3v) is 10.6. The van der Waals surface area contributed by atoms with Crippen molar-refractivity contribution in [3.8, 4) is 23.0 Å². The fourth-order valence-electron chi connectivity index (χ4n) is 7.50. The molecule has 1 amide bonds. The van der Waals surface area contributed by atoms with E-state index in [1.165, 1.54) is 4.90 Å². The number of sulfonamides is 1. The molecule has 1 aliphatic rings. The van der Waals surface area contributed by atoms with Crippen LogP contribution in [0.1, 0.15) is 59.4 Å². The van der Waals surface area contributed by atoms with E-state index in [4.69, 9.17) is 21.0 Å². The molecule has 5 aromatic rings.